The van der Waals surface area contributed by atoms with Crippen LogP contribution >= 0.6 is 0 Å². The highest BCUT2D eigenvalue weighted by Crippen LogP contribution is 2.43. The average Bonchev–Trinajstić information content (AvgIpc) is 3.10. The highest BCUT2D eigenvalue weighted by Gasteiger charge is 2.37. The number of H-pyrrole nitrogens is 1. The van der Waals surface area contributed by atoms with Crippen LogP contribution in [0, 0.1) is 12.7 Å². The van der Waals surface area contributed by atoms with Crippen molar-refractivity contribution in [1.82, 2.24) is 9.88 Å². The van der Waals surface area contributed by atoms with Crippen molar-refractivity contribution in [2.75, 3.05) is 6.54 Å². The number of aromatic nitrogens is 1. The summed E-state index contributed by atoms with van der Waals surface area (Å²) < 4.78 is 56.5. The van der Waals surface area contributed by atoms with Crippen LogP contribution in [0.1, 0.15) is 27.9 Å². The summed E-state index contributed by atoms with van der Waals surface area (Å²) >= 11 is 0. The number of nitrogens with two attached hydrogens (primary N) is 1. The lowest BCUT2D eigenvalue weighted by molar-refractivity contribution is -0.141. The molecule has 0 bridgehead atoms. The fourth-order valence-electron chi connectivity index (χ4n) is 4.60. The van der Waals surface area contributed by atoms with Gasteiger partial charge in [-0.05, 0) is 53.3 Å². The Morgan fingerprint density at radius 3 is 2.67 bits per heavy atom. The Morgan fingerprint density at radius 1 is 1.30 bits per heavy atom. The molecule has 1 aromatic heterocycles. The van der Waals surface area contributed by atoms with E-state index in [2.05, 4.69) is 11.6 Å². The number of nitrogens with zero attached hydrogens (tertiary/aromatic N) is 1. The highest BCUT2D eigenvalue weighted by atomic mass is 19.4. The minimum absolute atomic E-state index is 0.0304. The maximum absolute atomic E-state index is 15.5. The van der Waals surface area contributed by atoms with Crippen LogP contribution in [-0.2, 0) is 35.2 Å². The fourth-order valence-corrected chi connectivity index (χ4v) is 4.60. The number of primary amides is 1. The predicted molar refractivity (Wildman–Crippen MR) is 116 cm³/mol. The van der Waals surface area contributed by atoms with Crippen molar-refractivity contribution in [3.63, 3.8) is 0 Å². The van der Waals surface area contributed by atoms with Gasteiger partial charge in [0.25, 0.3) is 0 Å². The Kier molecular flexibility index (Phi) is 5.51. The lowest BCUT2D eigenvalue weighted by Crippen LogP contribution is -2.34. The molecule has 0 fully saturated rings. The molecule has 2 aromatic carbocycles. The summed E-state index contributed by atoms with van der Waals surface area (Å²) in [4.78, 5) is 27.5. The normalized spacial score (nSPS) is 13.8. The van der Waals surface area contributed by atoms with Crippen LogP contribution in [0.25, 0.3) is 22.0 Å². The first-order chi connectivity index (χ1) is 15.5. The largest absolute Gasteiger partial charge is 0.431 e. The Balaban J connectivity index is 1.99. The summed E-state index contributed by atoms with van der Waals surface area (Å²) in [6, 6.07) is 6.22. The molecule has 0 radical (unpaired) electrons. The number of benzene rings is 2. The second kappa shape index (κ2) is 8.06. The SMILES string of the molecule is C=CC(=O)N1CCc2c(cccc2-c2c(F)cc(CC(N)=O)c3[nH]c(C(F)(F)F)c(C)c23)C1. The van der Waals surface area contributed by atoms with E-state index < -0.39 is 30.0 Å². The lowest BCUT2D eigenvalue weighted by Gasteiger charge is -2.29. The van der Waals surface area contributed by atoms with Gasteiger partial charge in [0.15, 0.2) is 0 Å². The standard InChI is InChI=1S/C24H21F4N3O2/c1-3-19(33)31-8-7-15-13(11-31)5-4-6-16(15)21-17(25)9-14(10-18(29)32)22-20(21)12(2)23(30-22)24(26,27)28/h3-6,9,30H,1,7-8,10-11H2,2H3,(H2,29,32). The molecule has 1 aliphatic heterocycles. The van der Waals surface area contributed by atoms with Crippen LogP contribution in [0.5, 0.6) is 0 Å². The summed E-state index contributed by atoms with van der Waals surface area (Å²) in [6.07, 6.45) is -3.47. The van der Waals surface area contributed by atoms with E-state index in [0.29, 0.717) is 25.1 Å². The van der Waals surface area contributed by atoms with E-state index in [1.807, 2.05) is 6.07 Å². The van der Waals surface area contributed by atoms with Crippen molar-refractivity contribution in [3.8, 4) is 11.1 Å². The van der Waals surface area contributed by atoms with Gasteiger partial charge in [-0.1, -0.05) is 24.8 Å². The molecule has 3 N–H and O–H groups in total. The molecule has 2 amide bonds. The maximum Gasteiger partial charge on any atom is 0.431 e. The van der Waals surface area contributed by atoms with Crippen molar-refractivity contribution in [1.29, 1.82) is 0 Å². The van der Waals surface area contributed by atoms with Gasteiger partial charge >= 0.3 is 6.18 Å². The van der Waals surface area contributed by atoms with Crippen LogP contribution < -0.4 is 5.73 Å². The molecule has 5 nitrogen and oxygen atoms in total. The zero-order chi connectivity index (χ0) is 24.1. The molecule has 0 atom stereocenters. The molecule has 0 aliphatic carbocycles. The van der Waals surface area contributed by atoms with E-state index in [0.717, 1.165) is 17.2 Å². The number of aryl methyl sites for hydroxylation is 1. The van der Waals surface area contributed by atoms with Gasteiger partial charge in [-0.15, -0.1) is 0 Å². The molecule has 9 heteroatoms. The predicted octanol–water partition coefficient (Wildman–Crippen LogP) is 4.40. The minimum Gasteiger partial charge on any atom is -0.369 e. The van der Waals surface area contributed by atoms with Crippen LogP contribution in [0.2, 0.25) is 0 Å². The van der Waals surface area contributed by atoms with E-state index in [1.54, 1.807) is 17.0 Å². The molecule has 33 heavy (non-hydrogen) atoms. The first kappa shape index (κ1) is 22.6. The van der Waals surface area contributed by atoms with Crippen molar-refractivity contribution < 1.29 is 27.2 Å². The van der Waals surface area contributed by atoms with Crippen LogP contribution in [-0.4, -0.2) is 28.2 Å². The summed E-state index contributed by atoms with van der Waals surface area (Å²) in [5.74, 6) is -1.76. The lowest BCUT2D eigenvalue weighted by atomic mass is 9.87. The van der Waals surface area contributed by atoms with Gasteiger partial charge in [-0.3, -0.25) is 9.59 Å². The van der Waals surface area contributed by atoms with Crippen LogP contribution in [0.4, 0.5) is 17.6 Å². The first-order valence-corrected chi connectivity index (χ1v) is 10.2. The number of aromatic amines is 1. The van der Waals surface area contributed by atoms with Crippen LogP contribution in [0.3, 0.4) is 0 Å². The van der Waals surface area contributed by atoms with Gasteiger partial charge in [-0.2, -0.15) is 13.2 Å². The monoisotopic (exact) mass is 459 g/mol. The Labute approximate surface area is 186 Å². The number of nitrogens with one attached hydrogen (secondary N) is 1. The Morgan fingerprint density at radius 2 is 2.03 bits per heavy atom. The molecule has 4 rings (SSSR count). The van der Waals surface area contributed by atoms with Crippen molar-refractivity contribution in [2.45, 2.75) is 32.5 Å². The van der Waals surface area contributed by atoms with Crippen LogP contribution in [0.15, 0.2) is 36.9 Å². The smallest absolute Gasteiger partial charge is 0.369 e. The third-order valence-electron chi connectivity index (χ3n) is 6.03. The molecule has 0 saturated carbocycles. The Bertz CT molecular complexity index is 1310. The molecule has 0 spiro atoms. The van der Waals surface area contributed by atoms with Gasteiger partial charge in [0, 0.05) is 24.0 Å². The number of hydrogen-bond donors (Lipinski definition) is 2. The molecule has 172 valence electrons. The first-order valence-electron chi connectivity index (χ1n) is 10.2. The molecule has 0 saturated heterocycles. The Hall–Kier alpha value is -3.62. The minimum atomic E-state index is -4.69. The molecular weight excluding hydrogens is 438 g/mol. The topological polar surface area (TPSA) is 79.2 Å². The van der Waals surface area contributed by atoms with E-state index in [-0.39, 0.29) is 33.5 Å². The molecular formula is C24H21F4N3O2. The number of fused-ring (bicyclic) bond motifs is 2. The quantitative estimate of drug-likeness (QED) is 0.448. The third kappa shape index (κ3) is 3.88. The zero-order valence-corrected chi connectivity index (χ0v) is 17.8. The third-order valence-corrected chi connectivity index (χ3v) is 6.03. The molecule has 0 unspecified atom stereocenters. The number of amides is 2. The maximum atomic E-state index is 15.5. The number of hydrogen-bond acceptors (Lipinski definition) is 2. The zero-order valence-electron chi connectivity index (χ0n) is 17.8. The summed E-state index contributed by atoms with van der Waals surface area (Å²) in [5.41, 5.74) is 6.23. The number of rotatable bonds is 4. The van der Waals surface area contributed by atoms with E-state index in [9.17, 15) is 22.8 Å². The summed E-state index contributed by atoms with van der Waals surface area (Å²) in [6.45, 7) is 5.43. The van der Waals surface area contributed by atoms with E-state index in [1.165, 1.54) is 13.0 Å². The number of halogens is 4. The van der Waals surface area contributed by atoms with Crippen molar-refractivity contribution in [2.24, 2.45) is 5.73 Å². The highest BCUT2D eigenvalue weighted by molar-refractivity contribution is 6.02. The van der Waals surface area contributed by atoms with Crippen molar-refractivity contribution >= 4 is 22.7 Å². The number of carbonyl (C=O) groups is 2. The molecule has 1 aliphatic rings. The average molecular weight is 459 g/mol. The van der Waals surface area contributed by atoms with Gasteiger partial charge in [0.2, 0.25) is 11.8 Å². The summed E-state index contributed by atoms with van der Waals surface area (Å²) in [7, 11) is 0. The molecule has 3 aromatic rings. The fraction of sp³-hybridized carbons (Fsp3) is 0.250. The van der Waals surface area contributed by atoms with E-state index >= 15 is 4.39 Å². The number of carbonyl (C=O) groups excluding carboxylic acids is 2. The summed E-state index contributed by atoms with van der Waals surface area (Å²) in [5, 5.41) is 0.0663. The van der Waals surface area contributed by atoms with Gasteiger partial charge in [-0.25, -0.2) is 4.39 Å². The van der Waals surface area contributed by atoms with Gasteiger partial charge < -0.3 is 15.6 Å². The van der Waals surface area contributed by atoms with Gasteiger partial charge in [0.05, 0.1) is 11.9 Å². The second-order valence-electron chi connectivity index (χ2n) is 8.07. The molecule has 2 heterocycles. The van der Waals surface area contributed by atoms with E-state index in [4.69, 9.17) is 5.73 Å². The van der Waals surface area contributed by atoms with Gasteiger partial charge in [0.1, 0.15) is 11.5 Å². The number of alkyl halides is 3. The van der Waals surface area contributed by atoms with Crippen molar-refractivity contribution in [3.05, 3.63) is 70.7 Å². The second-order valence-corrected chi connectivity index (χ2v) is 8.07.